The van der Waals surface area contributed by atoms with Crippen LogP contribution in [0.3, 0.4) is 0 Å². The van der Waals surface area contributed by atoms with E-state index in [0.717, 1.165) is 5.56 Å². The fourth-order valence-corrected chi connectivity index (χ4v) is 2.80. The second-order valence-electron chi connectivity index (χ2n) is 6.15. The van der Waals surface area contributed by atoms with E-state index in [1.165, 1.54) is 0 Å². The Morgan fingerprint density at radius 1 is 0.893 bits per heavy atom. The van der Waals surface area contributed by atoms with Crippen molar-refractivity contribution in [1.82, 2.24) is 0 Å². The first-order valence-corrected chi connectivity index (χ1v) is 8.78. The Balaban J connectivity index is 1.49. The Labute approximate surface area is 162 Å². The fraction of sp³-hybridized carbons (Fsp3) is 0. The Morgan fingerprint density at radius 3 is 2.36 bits per heavy atom. The van der Waals surface area contributed by atoms with Gasteiger partial charge in [0.15, 0.2) is 5.76 Å². The highest BCUT2D eigenvalue weighted by Crippen LogP contribution is 2.34. The van der Waals surface area contributed by atoms with Gasteiger partial charge >= 0.3 is 5.97 Å². The summed E-state index contributed by atoms with van der Waals surface area (Å²) in [7, 11) is 0. The largest absolute Gasteiger partial charge is 0.452 e. The van der Waals surface area contributed by atoms with Gasteiger partial charge in [-0.15, -0.1) is 0 Å². The number of rotatable bonds is 4. The number of hydrogen-bond acceptors (Lipinski definition) is 4. The molecular formula is C24H16O4. The van der Waals surface area contributed by atoms with Gasteiger partial charge in [-0.3, -0.25) is 4.79 Å². The van der Waals surface area contributed by atoms with Crippen LogP contribution in [0.25, 0.3) is 6.08 Å². The first kappa shape index (κ1) is 17.5. The molecule has 4 nitrogen and oxygen atoms in total. The molecule has 0 unspecified atom stereocenters. The molecule has 0 fully saturated rings. The molecule has 0 radical (unpaired) electrons. The average Bonchev–Trinajstić information content (AvgIpc) is 3.04. The number of hydrogen-bond donors (Lipinski definition) is 0. The summed E-state index contributed by atoms with van der Waals surface area (Å²) in [6.07, 6.45) is 5.29. The van der Waals surface area contributed by atoms with Crippen LogP contribution < -0.4 is 9.47 Å². The standard InChI is InChI=1S/C24H16O4/c25-23-20-15-14-19(27-24(26)18-11-5-2-6-12-18)16-22(20)28-21(23)13-7-10-17-8-3-1-4-9-17/h1-16H. The highest BCUT2D eigenvalue weighted by Gasteiger charge is 2.27. The van der Waals surface area contributed by atoms with Crippen LogP contribution in [0.1, 0.15) is 26.3 Å². The summed E-state index contributed by atoms with van der Waals surface area (Å²) in [4.78, 5) is 24.6. The molecular weight excluding hydrogens is 352 g/mol. The van der Waals surface area contributed by atoms with E-state index in [0.29, 0.717) is 22.6 Å². The summed E-state index contributed by atoms with van der Waals surface area (Å²) in [5.41, 5.74) is 1.92. The molecule has 0 N–H and O–H groups in total. The highest BCUT2D eigenvalue weighted by atomic mass is 16.5. The summed E-state index contributed by atoms with van der Waals surface area (Å²) in [5, 5.41) is 0. The molecule has 4 heteroatoms. The molecule has 3 aromatic carbocycles. The van der Waals surface area contributed by atoms with Crippen molar-refractivity contribution >= 4 is 17.8 Å². The normalized spacial score (nSPS) is 14.1. The maximum Gasteiger partial charge on any atom is 0.343 e. The molecule has 28 heavy (non-hydrogen) atoms. The minimum Gasteiger partial charge on any atom is -0.452 e. The summed E-state index contributed by atoms with van der Waals surface area (Å²) in [5.74, 6) is 0.262. The molecule has 1 aliphatic rings. The fourth-order valence-electron chi connectivity index (χ4n) is 2.80. The number of Topliss-reactive ketones (excluding diaryl/α,β-unsaturated/α-hetero) is 1. The molecule has 1 aliphatic heterocycles. The molecule has 0 saturated carbocycles. The van der Waals surface area contributed by atoms with Crippen LogP contribution in [0.15, 0.2) is 96.8 Å². The third kappa shape index (κ3) is 3.76. The number of allylic oxidation sites excluding steroid dienone is 3. The van der Waals surface area contributed by atoms with Gasteiger partial charge in [-0.25, -0.2) is 4.79 Å². The molecule has 0 bridgehead atoms. The summed E-state index contributed by atoms with van der Waals surface area (Å²) in [6.45, 7) is 0. The zero-order chi connectivity index (χ0) is 19.3. The zero-order valence-electron chi connectivity index (χ0n) is 14.9. The number of ketones is 1. The predicted octanol–water partition coefficient (Wildman–Crippen LogP) is 5.08. The SMILES string of the molecule is O=C(Oc1ccc2c(c1)OC(=CC=Cc1ccccc1)C2=O)c1ccccc1. The number of carbonyl (C=O) groups excluding carboxylic acids is 2. The quantitative estimate of drug-likeness (QED) is 0.366. The van der Waals surface area contributed by atoms with E-state index in [9.17, 15) is 9.59 Å². The van der Waals surface area contributed by atoms with Crippen LogP contribution in [-0.4, -0.2) is 11.8 Å². The zero-order valence-corrected chi connectivity index (χ0v) is 14.9. The third-order valence-corrected chi connectivity index (χ3v) is 4.20. The van der Waals surface area contributed by atoms with Gasteiger partial charge in [0.25, 0.3) is 0 Å². The van der Waals surface area contributed by atoms with Crippen LogP contribution in [0, 0.1) is 0 Å². The van der Waals surface area contributed by atoms with Gasteiger partial charge in [-0.05, 0) is 35.9 Å². The van der Waals surface area contributed by atoms with Gasteiger partial charge in [0, 0.05) is 6.07 Å². The van der Waals surface area contributed by atoms with E-state index in [2.05, 4.69) is 0 Å². The van der Waals surface area contributed by atoms with Crippen molar-refractivity contribution in [2.24, 2.45) is 0 Å². The van der Waals surface area contributed by atoms with Crippen LogP contribution in [0.4, 0.5) is 0 Å². The average molecular weight is 368 g/mol. The van der Waals surface area contributed by atoms with Crippen molar-refractivity contribution in [3.8, 4) is 11.5 Å². The lowest BCUT2D eigenvalue weighted by Crippen LogP contribution is -2.08. The summed E-state index contributed by atoms with van der Waals surface area (Å²) in [6, 6.07) is 23.2. The minimum absolute atomic E-state index is 0.200. The Hall–Kier alpha value is -3.92. The highest BCUT2D eigenvalue weighted by molar-refractivity contribution is 6.12. The van der Waals surface area contributed by atoms with E-state index in [4.69, 9.17) is 9.47 Å². The van der Waals surface area contributed by atoms with Gasteiger partial charge in [-0.1, -0.05) is 60.7 Å². The molecule has 0 spiro atoms. The Morgan fingerprint density at radius 2 is 1.61 bits per heavy atom. The van der Waals surface area contributed by atoms with Crippen molar-refractivity contribution in [2.45, 2.75) is 0 Å². The molecule has 0 atom stereocenters. The van der Waals surface area contributed by atoms with E-state index in [1.807, 2.05) is 42.5 Å². The number of benzene rings is 3. The van der Waals surface area contributed by atoms with Crippen molar-refractivity contribution in [2.75, 3.05) is 0 Å². The molecule has 0 aromatic heterocycles. The summed E-state index contributed by atoms with van der Waals surface area (Å²) < 4.78 is 11.0. The lowest BCUT2D eigenvalue weighted by atomic mass is 10.1. The lowest BCUT2D eigenvalue weighted by molar-refractivity contribution is 0.0734. The van der Waals surface area contributed by atoms with E-state index in [-0.39, 0.29) is 11.5 Å². The molecule has 3 aromatic rings. The van der Waals surface area contributed by atoms with E-state index in [1.54, 1.807) is 54.6 Å². The molecule has 4 rings (SSSR count). The molecule has 0 aliphatic carbocycles. The van der Waals surface area contributed by atoms with Gasteiger partial charge in [0.1, 0.15) is 11.5 Å². The van der Waals surface area contributed by atoms with Gasteiger partial charge < -0.3 is 9.47 Å². The van der Waals surface area contributed by atoms with Crippen molar-refractivity contribution in [3.05, 3.63) is 113 Å². The molecule has 0 saturated heterocycles. The molecule has 136 valence electrons. The van der Waals surface area contributed by atoms with Crippen molar-refractivity contribution in [1.29, 1.82) is 0 Å². The summed E-state index contributed by atoms with van der Waals surface area (Å²) >= 11 is 0. The second kappa shape index (κ2) is 7.76. The molecule has 1 heterocycles. The van der Waals surface area contributed by atoms with Crippen LogP contribution >= 0.6 is 0 Å². The van der Waals surface area contributed by atoms with E-state index >= 15 is 0 Å². The molecule has 0 amide bonds. The monoisotopic (exact) mass is 368 g/mol. The van der Waals surface area contributed by atoms with Crippen LogP contribution in [-0.2, 0) is 0 Å². The smallest absolute Gasteiger partial charge is 0.343 e. The first-order valence-electron chi connectivity index (χ1n) is 8.78. The van der Waals surface area contributed by atoms with Crippen molar-refractivity contribution < 1.29 is 19.1 Å². The van der Waals surface area contributed by atoms with Crippen LogP contribution in [0.2, 0.25) is 0 Å². The van der Waals surface area contributed by atoms with Gasteiger partial charge in [0.05, 0.1) is 11.1 Å². The van der Waals surface area contributed by atoms with Gasteiger partial charge in [0.2, 0.25) is 5.78 Å². The van der Waals surface area contributed by atoms with Crippen molar-refractivity contribution in [3.63, 3.8) is 0 Å². The van der Waals surface area contributed by atoms with E-state index < -0.39 is 5.97 Å². The minimum atomic E-state index is -0.466. The topological polar surface area (TPSA) is 52.6 Å². The number of fused-ring (bicyclic) bond motifs is 1. The number of carbonyl (C=O) groups is 2. The maximum atomic E-state index is 12.5. The van der Waals surface area contributed by atoms with Crippen LogP contribution in [0.5, 0.6) is 11.5 Å². The van der Waals surface area contributed by atoms with Gasteiger partial charge in [-0.2, -0.15) is 0 Å². The Kier molecular flexibility index (Phi) is 4.85. The third-order valence-electron chi connectivity index (χ3n) is 4.20. The lowest BCUT2D eigenvalue weighted by Gasteiger charge is -2.05. The Bertz CT molecular complexity index is 1080. The number of ether oxygens (including phenoxy) is 2. The first-order chi connectivity index (χ1) is 13.7. The number of esters is 1. The second-order valence-corrected chi connectivity index (χ2v) is 6.15. The predicted molar refractivity (Wildman–Crippen MR) is 106 cm³/mol. The maximum absolute atomic E-state index is 12.5.